The van der Waals surface area contributed by atoms with Crippen LogP contribution in [-0.2, 0) is 14.3 Å². The van der Waals surface area contributed by atoms with Gasteiger partial charge in [-0.2, -0.15) is 0 Å². The Morgan fingerprint density at radius 1 is 1.33 bits per heavy atom. The van der Waals surface area contributed by atoms with E-state index in [1.807, 2.05) is 39.0 Å². The molecule has 0 fully saturated rings. The molecule has 0 spiro atoms. The molecule has 2 N–H and O–H groups in total. The third-order valence-corrected chi connectivity index (χ3v) is 3.56. The first-order valence-corrected chi connectivity index (χ1v) is 7.51. The van der Waals surface area contributed by atoms with E-state index in [1.54, 1.807) is 0 Å². The van der Waals surface area contributed by atoms with Crippen molar-refractivity contribution in [2.75, 3.05) is 19.0 Å². The summed E-state index contributed by atoms with van der Waals surface area (Å²) in [5, 5.41) is 5.74. The second kappa shape index (κ2) is 8.14. The number of halogens is 1. The lowest BCUT2D eigenvalue weighted by atomic mass is 10.0. The van der Waals surface area contributed by atoms with Crippen molar-refractivity contribution in [2.45, 2.75) is 26.8 Å². The van der Waals surface area contributed by atoms with Gasteiger partial charge in [0.15, 0.2) is 0 Å². The van der Waals surface area contributed by atoms with Gasteiger partial charge < -0.3 is 10.1 Å². The highest BCUT2D eigenvalue weighted by molar-refractivity contribution is 9.10. The third kappa shape index (κ3) is 5.47. The molecule has 0 aromatic heterocycles. The van der Waals surface area contributed by atoms with E-state index < -0.39 is 6.04 Å². The maximum absolute atomic E-state index is 12.0. The first kappa shape index (κ1) is 17.7. The van der Waals surface area contributed by atoms with Crippen molar-refractivity contribution in [2.24, 2.45) is 5.92 Å². The van der Waals surface area contributed by atoms with E-state index in [2.05, 4.69) is 26.6 Å². The normalized spacial score (nSPS) is 12.1. The Bertz CT molecular complexity index is 518. The number of carbonyl (C=O) groups excluding carboxylic acids is 2. The highest BCUT2D eigenvalue weighted by Gasteiger charge is 2.23. The highest BCUT2D eigenvalue weighted by Crippen LogP contribution is 2.19. The number of rotatable bonds is 6. The Morgan fingerprint density at radius 3 is 2.52 bits per heavy atom. The van der Waals surface area contributed by atoms with Crippen molar-refractivity contribution in [3.63, 3.8) is 0 Å². The van der Waals surface area contributed by atoms with E-state index in [0.29, 0.717) is 0 Å². The Kier molecular flexibility index (Phi) is 6.84. The number of ether oxygens (including phenoxy) is 1. The quantitative estimate of drug-likeness (QED) is 0.768. The smallest absolute Gasteiger partial charge is 0.323 e. The van der Waals surface area contributed by atoms with Crippen molar-refractivity contribution in [3.8, 4) is 0 Å². The summed E-state index contributed by atoms with van der Waals surface area (Å²) in [6.45, 7) is 5.75. The maximum atomic E-state index is 12.0. The number of carbonyl (C=O) groups is 2. The molecule has 5 nitrogen and oxygen atoms in total. The third-order valence-electron chi connectivity index (χ3n) is 3.07. The van der Waals surface area contributed by atoms with Crippen LogP contribution in [0.4, 0.5) is 5.69 Å². The molecule has 0 radical (unpaired) electrons. The van der Waals surface area contributed by atoms with Gasteiger partial charge in [0.2, 0.25) is 5.91 Å². The summed E-state index contributed by atoms with van der Waals surface area (Å²) in [5.74, 6) is -0.521. The van der Waals surface area contributed by atoms with E-state index in [-0.39, 0.29) is 24.3 Å². The van der Waals surface area contributed by atoms with Crippen LogP contribution < -0.4 is 10.6 Å². The molecule has 1 atom stereocenters. The van der Waals surface area contributed by atoms with Gasteiger partial charge in [-0.1, -0.05) is 29.8 Å². The molecule has 0 heterocycles. The number of benzene rings is 1. The molecule has 0 saturated carbocycles. The molecule has 21 heavy (non-hydrogen) atoms. The predicted molar refractivity (Wildman–Crippen MR) is 86.2 cm³/mol. The SMILES string of the molecule is COC(=O)C(NCC(=O)Nc1ccc(Br)cc1C)C(C)C. The largest absolute Gasteiger partial charge is 0.468 e. The zero-order chi connectivity index (χ0) is 16.0. The Hall–Kier alpha value is -1.40. The lowest BCUT2D eigenvalue weighted by Gasteiger charge is -2.19. The van der Waals surface area contributed by atoms with Gasteiger partial charge in [0.05, 0.1) is 13.7 Å². The molecule has 1 unspecified atom stereocenters. The van der Waals surface area contributed by atoms with Crippen LogP contribution in [0.3, 0.4) is 0 Å². The molecule has 1 aromatic rings. The monoisotopic (exact) mass is 356 g/mol. The second-order valence-corrected chi connectivity index (χ2v) is 6.05. The maximum Gasteiger partial charge on any atom is 0.323 e. The summed E-state index contributed by atoms with van der Waals surface area (Å²) in [6, 6.07) is 5.12. The first-order chi connectivity index (χ1) is 9.85. The molecule has 1 aromatic carbocycles. The number of methoxy groups -OCH3 is 1. The molecule has 0 bridgehead atoms. The molecule has 6 heteroatoms. The fraction of sp³-hybridized carbons (Fsp3) is 0.467. The number of aryl methyl sites for hydroxylation is 1. The highest BCUT2D eigenvalue weighted by atomic mass is 79.9. The van der Waals surface area contributed by atoms with Crippen molar-refractivity contribution in [3.05, 3.63) is 28.2 Å². The Balaban J connectivity index is 2.59. The fourth-order valence-corrected chi connectivity index (χ4v) is 2.36. The van der Waals surface area contributed by atoms with E-state index >= 15 is 0 Å². The zero-order valence-electron chi connectivity index (χ0n) is 12.7. The van der Waals surface area contributed by atoms with E-state index in [9.17, 15) is 9.59 Å². The standard InChI is InChI=1S/C15H21BrN2O3/c1-9(2)14(15(20)21-4)17-8-13(19)18-12-6-5-11(16)7-10(12)3/h5-7,9,14,17H,8H2,1-4H3,(H,18,19). The van der Waals surface area contributed by atoms with E-state index in [4.69, 9.17) is 4.74 Å². The zero-order valence-corrected chi connectivity index (χ0v) is 14.3. The average Bonchev–Trinajstić information content (AvgIpc) is 2.41. The van der Waals surface area contributed by atoms with Crippen LogP contribution >= 0.6 is 15.9 Å². The molecule has 0 aliphatic carbocycles. The topological polar surface area (TPSA) is 67.4 Å². The molecular formula is C15H21BrN2O3. The number of hydrogen-bond acceptors (Lipinski definition) is 4. The van der Waals surface area contributed by atoms with Crippen LogP contribution in [0.2, 0.25) is 0 Å². The van der Waals surface area contributed by atoms with Gasteiger partial charge in [0.25, 0.3) is 0 Å². The minimum Gasteiger partial charge on any atom is -0.468 e. The van der Waals surface area contributed by atoms with Crippen molar-refractivity contribution < 1.29 is 14.3 Å². The number of nitrogens with one attached hydrogen (secondary N) is 2. The minimum atomic E-state index is -0.494. The van der Waals surface area contributed by atoms with Crippen LogP contribution in [0.1, 0.15) is 19.4 Å². The molecule has 1 amide bonds. The van der Waals surface area contributed by atoms with Gasteiger partial charge in [-0.25, -0.2) is 0 Å². The molecule has 0 aliphatic rings. The van der Waals surface area contributed by atoms with Crippen LogP contribution in [0.5, 0.6) is 0 Å². The van der Waals surface area contributed by atoms with E-state index in [0.717, 1.165) is 15.7 Å². The molecular weight excluding hydrogens is 336 g/mol. The van der Waals surface area contributed by atoms with Gasteiger partial charge >= 0.3 is 5.97 Å². The summed E-state index contributed by atoms with van der Waals surface area (Å²) >= 11 is 3.38. The fourth-order valence-electron chi connectivity index (χ4n) is 1.88. The molecule has 0 aliphatic heterocycles. The van der Waals surface area contributed by atoms with Crippen molar-refractivity contribution in [1.29, 1.82) is 0 Å². The summed E-state index contributed by atoms with van der Waals surface area (Å²) in [4.78, 5) is 23.5. The summed E-state index contributed by atoms with van der Waals surface area (Å²) < 4.78 is 5.68. The summed E-state index contributed by atoms with van der Waals surface area (Å²) in [6.07, 6.45) is 0. The van der Waals surface area contributed by atoms with Crippen LogP contribution in [-0.4, -0.2) is 31.6 Å². The van der Waals surface area contributed by atoms with Crippen LogP contribution in [0, 0.1) is 12.8 Å². The van der Waals surface area contributed by atoms with Crippen molar-refractivity contribution in [1.82, 2.24) is 5.32 Å². The van der Waals surface area contributed by atoms with Crippen LogP contribution in [0.15, 0.2) is 22.7 Å². The Labute approximate surface area is 133 Å². The van der Waals surface area contributed by atoms with Gasteiger partial charge in [-0.3, -0.25) is 14.9 Å². The first-order valence-electron chi connectivity index (χ1n) is 6.72. The van der Waals surface area contributed by atoms with Crippen molar-refractivity contribution >= 4 is 33.5 Å². The minimum absolute atomic E-state index is 0.0414. The average molecular weight is 357 g/mol. The number of anilines is 1. The number of amides is 1. The molecule has 0 saturated heterocycles. The molecule has 116 valence electrons. The lowest BCUT2D eigenvalue weighted by Crippen LogP contribution is -2.45. The van der Waals surface area contributed by atoms with Gasteiger partial charge in [-0.15, -0.1) is 0 Å². The molecule has 1 rings (SSSR count). The number of hydrogen-bond donors (Lipinski definition) is 2. The Morgan fingerprint density at radius 2 is 2.00 bits per heavy atom. The van der Waals surface area contributed by atoms with Gasteiger partial charge in [-0.05, 0) is 36.6 Å². The summed E-state index contributed by atoms with van der Waals surface area (Å²) in [5.41, 5.74) is 1.72. The summed E-state index contributed by atoms with van der Waals surface area (Å²) in [7, 11) is 1.34. The number of esters is 1. The lowest BCUT2D eigenvalue weighted by molar-refractivity contribution is -0.144. The van der Waals surface area contributed by atoms with E-state index in [1.165, 1.54) is 7.11 Å². The second-order valence-electron chi connectivity index (χ2n) is 5.13. The predicted octanol–water partition coefficient (Wildman–Crippen LogP) is 2.48. The van der Waals surface area contributed by atoms with Gasteiger partial charge in [0.1, 0.15) is 6.04 Å². The van der Waals surface area contributed by atoms with Crippen LogP contribution in [0.25, 0.3) is 0 Å². The van der Waals surface area contributed by atoms with Gasteiger partial charge in [0, 0.05) is 10.2 Å².